The zero-order valence-corrected chi connectivity index (χ0v) is 9.96. The van der Waals surface area contributed by atoms with Gasteiger partial charge in [0.2, 0.25) is 5.44 Å². The van der Waals surface area contributed by atoms with Gasteiger partial charge in [0.25, 0.3) is 0 Å². The van der Waals surface area contributed by atoms with Gasteiger partial charge in [0.15, 0.2) is 0 Å². The van der Waals surface area contributed by atoms with Crippen LogP contribution in [-0.4, -0.2) is 26.4 Å². The highest BCUT2D eigenvalue weighted by Crippen LogP contribution is 2.26. The maximum atomic E-state index is 11.6. The van der Waals surface area contributed by atoms with Gasteiger partial charge in [0.05, 0.1) is 12.0 Å². The van der Waals surface area contributed by atoms with Gasteiger partial charge in [-0.15, -0.1) is 0 Å². The van der Waals surface area contributed by atoms with Gasteiger partial charge in [-0.3, -0.25) is 8.98 Å². The van der Waals surface area contributed by atoms with Crippen LogP contribution in [0, 0.1) is 5.41 Å². The van der Waals surface area contributed by atoms with Crippen LogP contribution in [0.25, 0.3) is 0 Å². The molecule has 0 bridgehead atoms. The summed E-state index contributed by atoms with van der Waals surface area (Å²) in [6, 6.07) is 0. The molecule has 1 heterocycles. The van der Waals surface area contributed by atoms with E-state index in [1.165, 1.54) is 0 Å². The Labute approximate surface area is 89.9 Å². The van der Waals surface area contributed by atoms with Gasteiger partial charge in [-0.05, 0) is 20.3 Å². The molecule has 1 aliphatic rings. The number of esters is 1. The number of hydrogen-bond donors (Lipinski definition) is 0. The van der Waals surface area contributed by atoms with Crippen LogP contribution in [-0.2, 0) is 23.8 Å². The van der Waals surface area contributed by atoms with E-state index in [0.717, 1.165) is 0 Å². The molecule has 1 unspecified atom stereocenters. The van der Waals surface area contributed by atoms with Gasteiger partial charge in [-0.1, -0.05) is 6.92 Å². The maximum Gasteiger partial charge on any atom is 0.312 e. The lowest BCUT2D eigenvalue weighted by atomic mass is 9.91. The van der Waals surface area contributed by atoms with Gasteiger partial charge in [0.1, 0.15) is 0 Å². The number of ether oxygens (including phenoxy) is 1. The topological polar surface area (TPSA) is 69.7 Å². The summed E-state index contributed by atoms with van der Waals surface area (Å²) in [5.41, 5.74) is -1.78. The SMILES string of the molecule is CCC(C)(C)C(=O)OC1CCOS1(=O)=O. The summed E-state index contributed by atoms with van der Waals surface area (Å²) in [5.74, 6) is -0.496. The van der Waals surface area contributed by atoms with Crippen molar-refractivity contribution in [1.82, 2.24) is 0 Å². The van der Waals surface area contributed by atoms with Crippen molar-refractivity contribution in [2.75, 3.05) is 6.61 Å². The van der Waals surface area contributed by atoms with Crippen molar-refractivity contribution in [3.05, 3.63) is 0 Å². The molecule has 0 aliphatic carbocycles. The molecule has 1 fully saturated rings. The zero-order chi connectivity index (χ0) is 11.7. The van der Waals surface area contributed by atoms with E-state index >= 15 is 0 Å². The first-order valence-corrected chi connectivity index (χ1v) is 6.36. The van der Waals surface area contributed by atoms with Crippen LogP contribution < -0.4 is 0 Å². The molecule has 1 saturated heterocycles. The molecule has 88 valence electrons. The summed E-state index contributed by atoms with van der Waals surface area (Å²) in [4.78, 5) is 11.6. The third-order valence-electron chi connectivity index (χ3n) is 2.60. The van der Waals surface area contributed by atoms with Crippen molar-refractivity contribution in [3.63, 3.8) is 0 Å². The van der Waals surface area contributed by atoms with Gasteiger partial charge >= 0.3 is 16.1 Å². The summed E-state index contributed by atoms with van der Waals surface area (Å²) in [6.45, 7) is 5.38. The van der Waals surface area contributed by atoms with Crippen LogP contribution in [0.1, 0.15) is 33.6 Å². The second-order valence-electron chi connectivity index (χ2n) is 4.18. The molecule has 0 aromatic heterocycles. The first kappa shape index (κ1) is 12.4. The van der Waals surface area contributed by atoms with E-state index in [1.807, 2.05) is 6.92 Å². The predicted molar refractivity (Wildman–Crippen MR) is 53.4 cm³/mol. The first-order valence-electron chi connectivity index (χ1n) is 4.89. The summed E-state index contributed by atoms with van der Waals surface area (Å²) in [5, 5.41) is 0. The third kappa shape index (κ3) is 2.69. The molecule has 0 saturated carbocycles. The summed E-state index contributed by atoms with van der Waals surface area (Å²) in [7, 11) is -3.69. The second-order valence-corrected chi connectivity index (χ2v) is 5.92. The molecular weight excluding hydrogens is 220 g/mol. The Morgan fingerprint density at radius 3 is 2.53 bits per heavy atom. The highest BCUT2D eigenvalue weighted by Gasteiger charge is 2.39. The number of hydrogen-bond acceptors (Lipinski definition) is 5. The molecule has 1 atom stereocenters. The average Bonchev–Trinajstić information content (AvgIpc) is 2.46. The molecule has 6 heteroatoms. The Morgan fingerprint density at radius 2 is 2.13 bits per heavy atom. The third-order valence-corrected chi connectivity index (χ3v) is 4.07. The summed E-state index contributed by atoms with van der Waals surface area (Å²) < 4.78 is 31.9. The zero-order valence-electron chi connectivity index (χ0n) is 9.15. The molecule has 5 nitrogen and oxygen atoms in total. The quantitative estimate of drug-likeness (QED) is 0.541. The van der Waals surface area contributed by atoms with E-state index < -0.39 is 26.9 Å². The summed E-state index contributed by atoms with van der Waals surface area (Å²) in [6.07, 6.45) is 0.813. The minimum Gasteiger partial charge on any atom is -0.443 e. The molecular formula is C9H16O5S. The summed E-state index contributed by atoms with van der Waals surface area (Å²) >= 11 is 0. The predicted octanol–water partition coefficient (Wildman–Crippen LogP) is 1.04. The lowest BCUT2D eigenvalue weighted by Crippen LogP contribution is -2.32. The van der Waals surface area contributed by atoms with Crippen LogP contribution in [0.3, 0.4) is 0 Å². The fraction of sp³-hybridized carbons (Fsp3) is 0.889. The van der Waals surface area contributed by atoms with E-state index in [4.69, 9.17) is 4.74 Å². The van der Waals surface area contributed by atoms with E-state index in [9.17, 15) is 13.2 Å². The fourth-order valence-electron chi connectivity index (χ4n) is 1.02. The highest BCUT2D eigenvalue weighted by molar-refractivity contribution is 7.87. The fourth-order valence-corrected chi connectivity index (χ4v) is 2.09. The normalized spacial score (nSPS) is 25.1. The van der Waals surface area contributed by atoms with Crippen molar-refractivity contribution in [2.24, 2.45) is 5.41 Å². The van der Waals surface area contributed by atoms with Crippen LogP contribution in [0.2, 0.25) is 0 Å². The minimum atomic E-state index is -3.69. The largest absolute Gasteiger partial charge is 0.443 e. The molecule has 1 aliphatic heterocycles. The monoisotopic (exact) mass is 236 g/mol. The minimum absolute atomic E-state index is 0.0901. The van der Waals surface area contributed by atoms with Gasteiger partial charge < -0.3 is 4.74 Å². The van der Waals surface area contributed by atoms with Crippen LogP contribution in [0.15, 0.2) is 0 Å². The van der Waals surface area contributed by atoms with Crippen molar-refractivity contribution in [2.45, 2.75) is 39.0 Å². The molecule has 0 amide bonds. The highest BCUT2D eigenvalue weighted by atomic mass is 32.2. The van der Waals surface area contributed by atoms with Crippen molar-refractivity contribution in [3.8, 4) is 0 Å². The number of carbonyl (C=O) groups is 1. The van der Waals surface area contributed by atoms with Gasteiger partial charge in [-0.25, -0.2) is 0 Å². The van der Waals surface area contributed by atoms with E-state index in [2.05, 4.69) is 4.18 Å². The van der Waals surface area contributed by atoms with Crippen molar-refractivity contribution >= 4 is 16.1 Å². The van der Waals surface area contributed by atoms with E-state index in [1.54, 1.807) is 13.8 Å². The van der Waals surface area contributed by atoms with Crippen molar-refractivity contribution < 1.29 is 22.1 Å². The lowest BCUT2D eigenvalue weighted by molar-refractivity contribution is -0.155. The smallest absolute Gasteiger partial charge is 0.312 e. The Bertz CT molecular complexity index is 344. The molecule has 0 aromatic rings. The lowest BCUT2D eigenvalue weighted by Gasteiger charge is -2.22. The molecule has 0 aromatic carbocycles. The molecule has 0 spiro atoms. The molecule has 15 heavy (non-hydrogen) atoms. The van der Waals surface area contributed by atoms with Gasteiger partial charge in [0, 0.05) is 6.42 Å². The van der Waals surface area contributed by atoms with E-state index in [0.29, 0.717) is 6.42 Å². The average molecular weight is 236 g/mol. The van der Waals surface area contributed by atoms with Crippen LogP contribution >= 0.6 is 0 Å². The van der Waals surface area contributed by atoms with E-state index in [-0.39, 0.29) is 13.0 Å². The van der Waals surface area contributed by atoms with Crippen LogP contribution in [0.5, 0.6) is 0 Å². The first-order chi connectivity index (χ1) is 6.79. The number of rotatable bonds is 3. The Kier molecular flexibility index (Phi) is 3.40. The standard InChI is InChI=1S/C9H16O5S/c1-4-9(2,3)8(10)14-7-5-6-13-15(7,11)12/h7H,4-6H2,1-3H3. The van der Waals surface area contributed by atoms with Gasteiger partial charge in [-0.2, -0.15) is 8.42 Å². The Morgan fingerprint density at radius 1 is 1.53 bits per heavy atom. The molecule has 0 N–H and O–H groups in total. The molecule has 1 rings (SSSR count). The Balaban J connectivity index is 2.68. The Hall–Kier alpha value is -0.620. The second kappa shape index (κ2) is 4.09. The van der Waals surface area contributed by atoms with Crippen molar-refractivity contribution in [1.29, 1.82) is 0 Å². The van der Waals surface area contributed by atoms with Crippen LogP contribution in [0.4, 0.5) is 0 Å². The molecule has 0 radical (unpaired) electrons. The maximum absolute atomic E-state index is 11.6. The number of carbonyl (C=O) groups excluding carboxylic acids is 1.